The lowest BCUT2D eigenvalue weighted by atomic mass is 10.2. The minimum absolute atomic E-state index is 0.260. The van der Waals surface area contributed by atoms with Crippen molar-refractivity contribution in [3.63, 3.8) is 0 Å². The fourth-order valence-electron chi connectivity index (χ4n) is 1.65. The summed E-state index contributed by atoms with van der Waals surface area (Å²) in [5.41, 5.74) is 0.846. The zero-order chi connectivity index (χ0) is 13.0. The Labute approximate surface area is 105 Å². The molecule has 1 heterocycles. The van der Waals surface area contributed by atoms with Crippen molar-refractivity contribution in [3.05, 3.63) is 48.0 Å². The first-order chi connectivity index (χ1) is 8.65. The van der Waals surface area contributed by atoms with E-state index < -0.39 is 0 Å². The molecule has 1 atom stereocenters. The summed E-state index contributed by atoms with van der Waals surface area (Å²) >= 11 is 0. The Bertz CT molecular complexity index is 491. The van der Waals surface area contributed by atoms with Crippen molar-refractivity contribution in [2.24, 2.45) is 0 Å². The molecule has 0 amide bonds. The summed E-state index contributed by atoms with van der Waals surface area (Å²) in [4.78, 5) is 0. The van der Waals surface area contributed by atoms with E-state index in [9.17, 15) is 4.39 Å². The maximum atomic E-state index is 12.8. The second-order valence-corrected chi connectivity index (χ2v) is 4.25. The molecule has 96 valence electrons. The largest absolute Gasteiger partial charge is 0.460 e. The molecule has 0 spiro atoms. The van der Waals surface area contributed by atoms with Crippen LogP contribution in [0.2, 0.25) is 0 Å². The molecule has 1 unspecified atom stereocenters. The van der Waals surface area contributed by atoms with Crippen LogP contribution in [0.3, 0.4) is 0 Å². The Kier molecular flexibility index (Phi) is 4.12. The monoisotopic (exact) mass is 249 g/mol. The van der Waals surface area contributed by atoms with E-state index in [1.165, 1.54) is 12.1 Å². The highest BCUT2D eigenvalue weighted by molar-refractivity contribution is 5.57. The second kappa shape index (κ2) is 5.80. The van der Waals surface area contributed by atoms with Gasteiger partial charge in [0.05, 0.1) is 12.6 Å². The molecule has 4 heteroatoms. The number of aliphatic hydroxyl groups is 1. The first kappa shape index (κ1) is 12.8. The molecule has 2 N–H and O–H groups in total. The number of hydrogen-bond donors (Lipinski definition) is 2. The number of benzene rings is 1. The molecule has 0 fully saturated rings. The third-order valence-electron chi connectivity index (χ3n) is 2.53. The molecule has 0 aliphatic rings. The van der Waals surface area contributed by atoms with E-state index in [-0.39, 0.29) is 11.9 Å². The predicted octanol–water partition coefficient (Wildman–Crippen LogP) is 2.56. The average Bonchev–Trinajstić information content (AvgIpc) is 2.78. The Morgan fingerprint density at radius 2 is 1.94 bits per heavy atom. The van der Waals surface area contributed by atoms with Gasteiger partial charge in [0, 0.05) is 12.1 Å². The summed E-state index contributed by atoms with van der Waals surface area (Å²) in [6, 6.07) is 9.90. The van der Waals surface area contributed by atoms with Crippen molar-refractivity contribution < 1.29 is 13.9 Å². The van der Waals surface area contributed by atoms with Gasteiger partial charge in [0.15, 0.2) is 0 Å². The van der Waals surface area contributed by atoms with Gasteiger partial charge in [-0.1, -0.05) is 0 Å². The molecule has 2 rings (SSSR count). The van der Waals surface area contributed by atoms with E-state index in [0.717, 1.165) is 11.3 Å². The van der Waals surface area contributed by atoms with Gasteiger partial charge in [-0.15, -0.1) is 0 Å². The number of halogens is 1. The van der Waals surface area contributed by atoms with E-state index in [2.05, 4.69) is 5.32 Å². The number of hydrogen-bond acceptors (Lipinski definition) is 3. The molecule has 1 aromatic carbocycles. The van der Waals surface area contributed by atoms with Crippen LogP contribution in [0.1, 0.15) is 12.7 Å². The number of aliphatic hydroxyl groups excluding tert-OH is 1. The fraction of sp³-hybridized carbons (Fsp3) is 0.286. The van der Waals surface area contributed by atoms with Gasteiger partial charge in [0.25, 0.3) is 0 Å². The fourth-order valence-corrected chi connectivity index (χ4v) is 1.65. The lowest BCUT2D eigenvalue weighted by Crippen LogP contribution is -2.23. The minimum atomic E-state index is -0.378. The SMILES string of the molecule is CC(O)CNCc1ccc(-c2ccc(F)cc2)o1. The van der Waals surface area contributed by atoms with Crippen molar-refractivity contribution in [2.75, 3.05) is 6.54 Å². The van der Waals surface area contributed by atoms with Gasteiger partial charge < -0.3 is 14.8 Å². The standard InChI is InChI=1S/C14H16FNO2/c1-10(17)8-16-9-13-6-7-14(18-13)11-2-4-12(15)5-3-11/h2-7,10,16-17H,8-9H2,1H3. The molecule has 0 aliphatic carbocycles. The highest BCUT2D eigenvalue weighted by Crippen LogP contribution is 2.22. The van der Waals surface area contributed by atoms with Crippen LogP contribution in [-0.4, -0.2) is 17.8 Å². The van der Waals surface area contributed by atoms with E-state index in [0.29, 0.717) is 18.8 Å². The molecule has 0 bridgehead atoms. The summed E-state index contributed by atoms with van der Waals surface area (Å²) in [7, 11) is 0. The van der Waals surface area contributed by atoms with Crippen LogP contribution in [-0.2, 0) is 6.54 Å². The van der Waals surface area contributed by atoms with Crippen LogP contribution in [0.25, 0.3) is 11.3 Å². The molecule has 18 heavy (non-hydrogen) atoms. The van der Waals surface area contributed by atoms with E-state index in [1.54, 1.807) is 19.1 Å². The van der Waals surface area contributed by atoms with Gasteiger partial charge in [-0.3, -0.25) is 0 Å². The summed E-state index contributed by atoms with van der Waals surface area (Å²) in [6.45, 7) is 2.80. The molecule has 0 radical (unpaired) electrons. The van der Waals surface area contributed by atoms with Gasteiger partial charge in [-0.05, 0) is 43.3 Å². The third kappa shape index (κ3) is 3.42. The van der Waals surface area contributed by atoms with Crippen molar-refractivity contribution in [3.8, 4) is 11.3 Å². The highest BCUT2D eigenvalue weighted by Gasteiger charge is 2.05. The van der Waals surface area contributed by atoms with Crippen LogP contribution >= 0.6 is 0 Å². The normalized spacial score (nSPS) is 12.6. The maximum Gasteiger partial charge on any atom is 0.134 e. The van der Waals surface area contributed by atoms with Crippen molar-refractivity contribution in [2.45, 2.75) is 19.6 Å². The summed E-state index contributed by atoms with van der Waals surface area (Å²) < 4.78 is 18.4. The lowest BCUT2D eigenvalue weighted by molar-refractivity contribution is 0.190. The van der Waals surface area contributed by atoms with Crippen LogP contribution < -0.4 is 5.32 Å². The van der Waals surface area contributed by atoms with Gasteiger partial charge in [0.1, 0.15) is 17.3 Å². The van der Waals surface area contributed by atoms with Crippen LogP contribution in [0.15, 0.2) is 40.8 Å². The molecule has 3 nitrogen and oxygen atoms in total. The Morgan fingerprint density at radius 3 is 2.61 bits per heavy atom. The van der Waals surface area contributed by atoms with Gasteiger partial charge in [0.2, 0.25) is 0 Å². The number of rotatable bonds is 5. The molecular weight excluding hydrogens is 233 g/mol. The van der Waals surface area contributed by atoms with E-state index >= 15 is 0 Å². The van der Waals surface area contributed by atoms with Gasteiger partial charge >= 0.3 is 0 Å². The quantitative estimate of drug-likeness (QED) is 0.856. The van der Waals surface area contributed by atoms with Crippen LogP contribution in [0.5, 0.6) is 0 Å². The zero-order valence-electron chi connectivity index (χ0n) is 10.2. The van der Waals surface area contributed by atoms with E-state index in [4.69, 9.17) is 9.52 Å². The average molecular weight is 249 g/mol. The smallest absolute Gasteiger partial charge is 0.134 e. The molecule has 1 aromatic heterocycles. The van der Waals surface area contributed by atoms with Crippen molar-refractivity contribution in [1.29, 1.82) is 0 Å². The summed E-state index contributed by atoms with van der Waals surface area (Å²) in [5.74, 6) is 1.24. The molecule has 0 aliphatic heterocycles. The highest BCUT2D eigenvalue weighted by atomic mass is 19.1. The van der Waals surface area contributed by atoms with Crippen molar-refractivity contribution >= 4 is 0 Å². The Balaban J connectivity index is 1.99. The maximum absolute atomic E-state index is 12.8. The van der Waals surface area contributed by atoms with Crippen LogP contribution in [0.4, 0.5) is 4.39 Å². The number of nitrogens with one attached hydrogen (secondary N) is 1. The lowest BCUT2D eigenvalue weighted by Gasteiger charge is -2.04. The Morgan fingerprint density at radius 1 is 1.22 bits per heavy atom. The molecule has 0 saturated heterocycles. The van der Waals surface area contributed by atoms with E-state index in [1.807, 2.05) is 12.1 Å². The number of furan rings is 1. The summed E-state index contributed by atoms with van der Waals surface area (Å²) in [6.07, 6.45) is -0.378. The van der Waals surface area contributed by atoms with Crippen molar-refractivity contribution in [1.82, 2.24) is 5.32 Å². The molecular formula is C14H16FNO2. The molecule has 2 aromatic rings. The topological polar surface area (TPSA) is 45.4 Å². The first-order valence-corrected chi connectivity index (χ1v) is 5.88. The van der Waals surface area contributed by atoms with Gasteiger partial charge in [-0.25, -0.2) is 4.39 Å². The third-order valence-corrected chi connectivity index (χ3v) is 2.53. The second-order valence-electron chi connectivity index (χ2n) is 4.25. The summed E-state index contributed by atoms with van der Waals surface area (Å²) in [5, 5.41) is 12.2. The minimum Gasteiger partial charge on any atom is -0.460 e. The zero-order valence-corrected chi connectivity index (χ0v) is 10.2. The Hall–Kier alpha value is -1.65. The first-order valence-electron chi connectivity index (χ1n) is 5.88. The molecule has 0 saturated carbocycles. The predicted molar refractivity (Wildman–Crippen MR) is 67.5 cm³/mol. The van der Waals surface area contributed by atoms with Crippen LogP contribution in [0, 0.1) is 5.82 Å². The van der Waals surface area contributed by atoms with Gasteiger partial charge in [-0.2, -0.15) is 0 Å².